The van der Waals surface area contributed by atoms with Gasteiger partial charge in [-0.3, -0.25) is 9.59 Å². The quantitative estimate of drug-likeness (QED) is 0.586. The van der Waals surface area contributed by atoms with Crippen molar-refractivity contribution in [2.75, 3.05) is 10.6 Å². The third kappa shape index (κ3) is 4.97. The molecular formula is C21H22N4O3. The summed E-state index contributed by atoms with van der Waals surface area (Å²) in [5.41, 5.74) is 2.05. The van der Waals surface area contributed by atoms with E-state index in [1.807, 2.05) is 36.4 Å². The Morgan fingerprint density at radius 1 is 1.07 bits per heavy atom. The lowest BCUT2D eigenvalue weighted by molar-refractivity contribution is -0.116. The van der Waals surface area contributed by atoms with Gasteiger partial charge in [0.15, 0.2) is 5.82 Å². The molecule has 0 radical (unpaired) electrons. The second-order valence-electron chi connectivity index (χ2n) is 6.39. The topological polar surface area (TPSA) is 96.3 Å². The number of aryl methyl sites for hydroxylation is 1. The first-order chi connectivity index (χ1) is 13.5. The van der Waals surface area contributed by atoms with Gasteiger partial charge in [0.05, 0.1) is 5.56 Å². The summed E-state index contributed by atoms with van der Waals surface area (Å²) in [6.45, 7) is 3.88. The zero-order chi connectivity index (χ0) is 19.9. The maximum atomic E-state index is 12.6. The van der Waals surface area contributed by atoms with Crippen LogP contribution in [0.25, 0.3) is 0 Å². The summed E-state index contributed by atoms with van der Waals surface area (Å²) in [5.74, 6) is 0.459. The molecule has 7 heteroatoms. The standard InChI is InChI=1S/C21H22N4O3/c1-14-12-19(25-28-14)24-20(26)15(2)23-18-11-7-6-10-17(18)21(27)22-13-16-8-4-3-5-9-16/h3-12,15,23H,13H2,1-2H3,(H,22,27)(H,24,25,26)/t15-/m0/s1. The van der Waals surface area contributed by atoms with Crippen LogP contribution in [0.15, 0.2) is 65.2 Å². The summed E-state index contributed by atoms with van der Waals surface area (Å²) in [4.78, 5) is 25.0. The van der Waals surface area contributed by atoms with Crippen molar-refractivity contribution in [1.29, 1.82) is 0 Å². The van der Waals surface area contributed by atoms with Crippen molar-refractivity contribution in [2.24, 2.45) is 0 Å². The maximum absolute atomic E-state index is 12.6. The molecule has 0 unspecified atom stereocenters. The van der Waals surface area contributed by atoms with Crippen molar-refractivity contribution in [3.05, 3.63) is 77.6 Å². The average molecular weight is 378 g/mol. The fraction of sp³-hybridized carbons (Fsp3) is 0.190. The average Bonchev–Trinajstić information content (AvgIpc) is 3.12. The molecule has 0 fully saturated rings. The van der Waals surface area contributed by atoms with Gasteiger partial charge in [-0.2, -0.15) is 0 Å². The number of rotatable bonds is 7. The molecule has 2 aromatic carbocycles. The Morgan fingerprint density at radius 3 is 2.50 bits per heavy atom. The van der Waals surface area contributed by atoms with Crippen molar-refractivity contribution in [3.63, 3.8) is 0 Å². The maximum Gasteiger partial charge on any atom is 0.253 e. The number of hydrogen-bond acceptors (Lipinski definition) is 5. The normalized spacial score (nSPS) is 11.5. The molecule has 3 rings (SSSR count). The van der Waals surface area contributed by atoms with Gasteiger partial charge < -0.3 is 20.5 Å². The molecule has 7 nitrogen and oxygen atoms in total. The molecule has 0 spiro atoms. The third-order valence-electron chi connectivity index (χ3n) is 4.11. The lowest BCUT2D eigenvalue weighted by Gasteiger charge is -2.17. The Bertz CT molecular complexity index is 953. The largest absolute Gasteiger partial charge is 0.373 e. The minimum absolute atomic E-state index is 0.216. The second-order valence-corrected chi connectivity index (χ2v) is 6.39. The Hall–Kier alpha value is -3.61. The predicted octanol–water partition coefficient (Wildman–Crippen LogP) is 3.35. The van der Waals surface area contributed by atoms with Gasteiger partial charge in [0.2, 0.25) is 5.91 Å². The van der Waals surface area contributed by atoms with Gasteiger partial charge in [0.1, 0.15) is 11.8 Å². The summed E-state index contributed by atoms with van der Waals surface area (Å²) in [5, 5.41) is 12.4. The number of carbonyl (C=O) groups is 2. The Morgan fingerprint density at radius 2 is 1.79 bits per heavy atom. The van der Waals surface area contributed by atoms with Crippen LogP contribution in [0.1, 0.15) is 28.6 Å². The smallest absolute Gasteiger partial charge is 0.253 e. The van der Waals surface area contributed by atoms with E-state index in [9.17, 15) is 9.59 Å². The molecular weight excluding hydrogens is 356 g/mol. The molecule has 28 heavy (non-hydrogen) atoms. The molecule has 0 aliphatic carbocycles. The summed E-state index contributed by atoms with van der Waals surface area (Å²) in [6, 6.07) is 17.8. The van der Waals surface area contributed by atoms with Gasteiger partial charge in [-0.05, 0) is 31.5 Å². The highest BCUT2D eigenvalue weighted by atomic mass is 16.5. The summed E-state index contributed by atoms with van der Waals surface area (Å²) in [6.07, 6.45) is 0. The summed E-state index contributed by atoms with van der Waals surface area (Å²) < 4.78 is 4.94. The van der Waals surface area contributed by atoms with Crippen LogP contribution >= 0.6 is 0 Å². The lowest BCUT2D eigenvalue weighted by Crippen LogP contribution is -2.33. The van der Waals surface area contributed by atoms with Gasteiger partial charge in [-0.15, -0.1) is 0 Å². The van der Waals surface area contributed by atoms with Gasteiger partial charge >= 0.3 is 0 Å². The summed E-state index contributed by atoms with van der Waals surface area (Å²) in [7, 11) is 0. The van der Waals surface area contributed by atoms with Crippen LogP contribution < -0.4 is 16.0 Å². The van der Waals surface area contributed by atoms with Crippen LogP contribution in [0.2, 0.25) is 0 Å². The minimum Gasteiger partial charge on any atom is -0.373 e. The van der Waals surface area contributed by atoms with Crippen molar-refractivity contribution < 1.29 is 14.1 Å². The van der Waals surface area contributed by atoms with Crippen LogP contribution in [0.4, 0.5) is 11.5 Å². The van der Waals surface area contributed by atoms with Crippen LogP contribution in [0.3, 0.4) is 0 Å². The minimum atomic E-state index is -0.583. The van der Waals surface area contributed by atoms with E-state index >= 15 is 0 Å². The van der Waals surface area contributed by atoms with E-state index < -0.39 is 6.04 Å². The van der Waals surface area contributed by atoms with E-state index in [4.69, 9.17) is 4.52 Å². The molecule has 3 N–H and O–H groups in total. The van der Waals surface area contributed by atoms with Gasteiger partial charge in [-0.25, -0.2) is 0 Å². The highest BCUT2D eigenvalue weighted by Gasteiger charge is 2.18. The highest BCUT2D eigenvalue weighted by molar-refractivity contribution is 6.01. The number of hydrogen-bond donors (Lipinski definition) is 3. The number of nitrogens with zero attached hydrogens (tertiary/aromatic N) is 1. The fourth-order valence-corrected chi connectivity index (χ4v) is 2.64. The highest BCUT2D eigenvalue weighted by Crippen LogP contribution is 2.17. The molecule has 3 aromatic rings. The Balaban J connectivity index is 1.64. The number of anilines is 2. The van der Waals surface area contributed by atoms with Crippen molar-refractivity contribution in [1.82, 2.24) is 10.5 Å². The number of benzene rings is 2. The molecule has 1 atom stereocenters. The number of nitrogens with one attached hydrogen (secondary N) is 3. The van der Waals surface area contributed by atoms with E-state index in [1.54, 1.807) is 38.1 Å². The monoisotopic (exact) mass is 378 g/mol. The van der Waals surface area contributed by atoms with Crippen molar-refractivity contribution >= 4 is 23.3 Å². The van der Waals surface area contributed by atoms with Gasteiger partial charge in [0, 0.05) is 18.3 Å². The molecule has 0 aliphatic rings. The molecule has 0 bridgehead atoms. The second kappa shape index (κ2) is 8.85. The fourth-order valence-electron chi connectivity index (χ4n) is 2.64. The zero-order valence-electron chi connectivity index (χ0n) is 15.7. The first-order valence-electron chi connectivity index (χ1n) is 8.95. The first-order valence-corrected chi connectivity index (χ1v) is 8.95. The number of para-hydroxylation sites is 1. The summed E-state index contributed by atoms with van der Waals surface area (Å²) >= 11 is 0. The van der Waals surface area contributed by atoms with E-state index in [2.05, 4.69) is 21.1 Å². The molecule has 2 amide bonds. The van der Waals surface area contributed by atoms with Gasteiger partial charge in [0.25, 0.3) is 5.91 Å². The lowest BCUT2D eigenvalue weighted by atomic mass is 10.1. The van der Waals surface area contributed by atoms with Crippen molar-refractivity contribution in [3.8, 4) is 0 Å². The molecule has 0 saturated carbocycles. The first kappa shape index (κ1) is 19.2. The van der Waals surface area contributed by atoms with E-state index in [1.165, 1.54) is 0 Å². The molecule has 1 heterocycles. The Labute approximate surface area is 163 Å². The van der Waals surface area contributed by atoms with Crippen LogP contribution in [0, 0.1) is 6.92 Å². The van der Waals surface area contributed by atoms with Gasteiger partial charge in [-0.1, -0.05) is 47.6 Å². The molecule has 0 aliphatic heterocycles. The van der Waals surface area contributed by atoms with E-state index in [0.717, 1.165) is 5.56 Å². The zero-order valence-corrected chi connectivity index (χ0v) is 15.7. The molecule has 144 valence electrons. The van der Waals surface area contributed by atoms with E-state index in [0.29, 0.717) is 29.4 Å². The number of amides is 2. The van der Waals surface area contributed by atoms with Crippen LogP contribution in [-0.2, 0) is 11.3 Å². The Kier molecular flexibility index (Phi) is 6.06. The molecule has 1 aromatic heterocycles. The number of aromatic nitrogens is 1. The van der Waals surface area contributed by atoms with Crippen LogP contribution in [-0.4, -0.2) is 23.0 Å². The van der Waals surface area contributed by atoms with Crippen LogP contribution in [0.5, 0.6) is 0 Å². The predicted molar refractivity (Wildman–Crippen MR) is 107 cm³/mol. The third-order valence-corrected chi connectivity index (χ3v) is 4.11. The van der Waals surface area contributed by atoms with Crippen molar-refractivity contribution in [2.45, 2.75) is 26.4 Å². The number of carbonyl (C=O) groups excluding carboxylic acids is 2. The molecule has 0 saturated heterocycles. The SMILES string of the molecule is Cc1cc(NC(=O)[C@H](C)Nc2ccccc2C(=O)NCc2ccccc2)no1. The van der Waals surface area contributed by atoms with E-state index in [-0.39, 0.29) is 11.8 Å².